The summed E-state index contributed by atoms with van der Waals surface area (Å²) in [5.74, 6) is 0.499. The van der Waals surface area contributed by atoms with Gasteiger partial charge in [-0.05, 0) is 69.2 Å². The molecule has 0 saturated heterocycles. The molecule has 1 aromatic carbocycles. The van der Waals surface area contributed by atoms with Crippen molar-refractivity contribution in [1.29, 1.82) is 0 Å². The van der Waals surface area contributed by atoms with E-state index in [1.54, 1.807) is 13.0 Å². The van der Waals surface area contributed by atoms with Gasteiger partial charge in [-0.25, -0.2) is 4.39 Å². The Balaban J connectivity index is 1.91. The average molecular weight is 292 g/mol. The lowest BCUT2D eigenvalue weighted by Crippen LogP contribution is -2.35. The van der Waals surface area contributed by atoms with Crippen LogP contribution in [0.3, 0.4) is 0 Å². The Bertz CT molecular complexity index is 496. The van der Waals surface area contributed by atoms with Crippen molar-refractivity contribution in [2.75, 3.05) is 6.54 Å². The smallest absolute Gasteiger partial charge is 0.223 e. The van der Waals surface area contributed by atoms with Crippen molar-refractivity contribution in [3.63, 3.8) is 0 Å². The Morgan fingerprint density at radius 3 is 2.62 bits per heavy atom. The second kappa shape index (κ2) is 7.03. The molecule has 0 heterocycles. The molecule has 1 atom stereocenters. The summed E-state index contributed by atoms with van der Waals surface area (Å²) in [6.07, 6.45) is 3.87. The van der Waals surface area contributed by atoms with E-state index in [-0.39, 0.29) is 23.7 Å². The van der Waals surface area contributed by atoms with Gasteiger partial charge in [0.25, 0.3) is 0 Å². The summed E-state index contributed by atoms with van der Waals surface area (Å²) in [5, 5.41) is 3.01. The van der Waals surface area contributed by atoms with Crippen LogP contribution in [-0.4, -0.2) is 12.5 Å². The van der Waals surface area contributed by atoms with E-state index in [2.05, 4.69) is 5.32 Å². The molecule has 1 unspecified atom stereocenters. The van der Waals surface area contributed by atoms with Crippen molar-refractivity contribution in [1.82, 2.24) is 5.32 Å². The van der Waals surface area contributed by atoms with Gasteiger partial charge < -0.3 is 11.1 Å². The fraction of sp³-hybridized carbons (Fsp3) is 0.588. The van der Waals surface area contributed by atoms with E-state index in [4.69, 9.17) is 5.73 Å². The van der Waals surface area contributed by atoms with Crippen LogP contribution < -0.4 is 11.1 Å². The summed E-state index contributed by atoms with van der Waals surface area (Å²) in [6.45, 7) is 4.35. The molecule has 1 amide bonds. The first-order valence-corrected chi connectivity index (χ1v) is 7.77. The average Bonchev–Trinajstić information content (AvgIpc) is 2.50. The summed E-state index contributed by atoms with van der Waals surface area (Å²) in [5.41, 5.74) is 7.10. The molecule has 2 rings (SSSR count). The molecule has 0 spiro atoms. The Morgan fingerprint density at radius 1 is 1.38 bits per heavy atom. The van der Waals surface area contributed by atoms with Crippen LogP contribution >= 0.6 is 0 Å². The fourth-order valence-electron chi connectivity index (χ4n) is 2.95. The van der Waals surface area contributed by atoms with Crippen LogP contribution in [0.4, 0.5) is 4.39 Å². The summed E-state index contributed by atoms with van der Waals surface area (Å²) in [4.78, 5) is 12.3. The van der Waals surface area contributed by atoms with Crippen molar-refractivity contribution in [2.45, 2.75) is 45.6 Å². The molecule has 0 aromatic heterocycles. The number of aryl methyl sites for hydroxylation is 1. The molecule has 3 N–H and O–H groups in total. The SMILES string of the molecule is Cc1ccc(C(C)NC(=O)C2CCC(CN)CC2)cc1F. The third-order valence-electron chi connectivity index (χ3n) is 4.61. The van der Waals surface area contributed by atoms with Crippen molar-refractivity contribution in [2.24, 2.45) is 17.6 Å². The van der Waals surface area contributed by atoms with Gasteiger partial charge in [0.1, 0.15) is 5.82 Å². The Morgan fingerprint density at radius 2 is 2.05 bits per heavy atom. The first kappa shape index (κ1) is 16.0. The highest BCUT2D eigenvalue weighted by atomic mass is 19.1. The lowest BCUT2D eigenvalue weighted by atomic mass is 9.81. The lowest BCUT2D eigenvalue weighted by Gasteiger charge is -2.28. The van der Waals surface area contributed by atoms with Crippen LogP contribution in [-0.2, 0) is 4.79 Å². The van der Waals surface area contributed by atoms with Crippen LogP contribution in [0.1, 0.15) is 49.8 Å². The Labute approximate surface area is 126 Å². The van der Waals surface area contributed by atoms with Gasteiger partial charge in [-0.1, -0.05) is 12.1 Å². The van der Waals surface area contributed by atoms with Crippen molar-refractivity contribution >= 4 is 5.91 Å². The number of rotatable bonds is 4. The molecule has 1 aromatic rings. The molecule has 116 valence electrons. The van der Waals surface area contributed by atoms with Crippen molar-refractivity contribution in [3.8, 4) is 0 Å². The number of hydrogen-bond acceptors (Lipinski definition) is 2. The number of hydrogen-bond donors (Lipinski definition) is 2. The quantitative estimate of drug-likeness (QED) is 0.896. The molecule has 0 radical (unpaired) electrons. The van der Waals surface area contributed by atoms with Crippen LogP contribution in [0.5, 0.6) is 0 Å². The highest BCUT2D eigenvalue weighted by Crippen LogP contribution is 2.29. The standard InChI is InChI=1S/C17H25FN2O/c1-11-3-6-15(9-16(11)18)12(2)20-17(21)14-7-4-13(10-19)5-8-14/h3,6,9,12-14H,4-5,7-8,10,19H2,1-2H3,(H,20,21). The Hall–Kier alpha value is -1.42. The maximum Gasteiger partial charge on any atom is 0.223 e. The summed E-state index contributed by atoms with van der Waals surface area (Å²) >= 11 is 0. The molecule has 3 nitrogen and oxygen atoms in total. The number of benzene rings is 1. The predicted octanol–water partition coefficient (Wildman–Crippen LogP) is 3.08. The van der Waals surface area contributed by atoms with Gasteiger partial charge in [-0.2, -0.15) is 0 Å². The number of amides is 1. The minimum absolute atomic E-state index is 0.0746. The molecule has 1 aliphatic rings. The van der Waals surface area contributed by atoms with E-state index >= 15 is 0 Å². The minimum Gasteiger partial charge on any atom is -0.349 e. The largest absolute Gasteiger partial charge is 0.349 e. The highest BCUT2D eigenvalue weighted by molar-refractivity contribution is 5.79. The van der Waals surface area contributed by atoms with Gasteiger partial charge >= 0.3 is 0 Å². The van der Waals surface area contributed by atoms with Crippen LogP contribution in [0.15, 0.2) is 18.2 Å². The zero-order valence-electron chi connectivity index (χ0n) is 12.9. The number of carbonyl (C=O) groups excluding carboxylic acids is 1. The van der Waals surface area contributed by atoms with E-state index in [9.17, 15) is 9.18 Å². The van der Waals surface area contributed by atoms with Gasteiger partial charge in [0.15, 0.2) is 0 Å². The summed E-state index contributed by atoms with van der Waals surface area (Å²) in [7, 11) is 0. The topological polar surface area (TPSA) is 55.1 Å². The fourth-order valence-corrected chi connectivity index (χ4v) is 2.95. The van der Waals surface area contributed by atoms with Gasteiger partial charge in [0.05, 0.1) is 6.04 Å². The van der Waals surface area contributed by atoms with E-state index in [1.165, 1.54) is 6.07 Å². The lowest BCUT2D eigenvalue weighted by molar-refractivity contribution is -0.126. The zero-order chi connectivity index (χ0) is 15.4. The molecular weight excluding hydrogens is 267 g/mol. The zero-order valence-corrected chi connectivity index (χ0v) is 12.9. The predicted molar refractivity (Wildman–Crippen MR) is 82.2 cm³/mol. The summed E-state index contributed by atoms with van der Waals surface area (Å²) < 4.78 is 13.6. The first-order valence-electron chi connectivity index (χ1n) is 7.77. The molecular formula is C17H25FN2O. The number of carbonyl (C=O) groups is 1. The van der Waals surface area contributed by atoms with Crippen LogP contribution in [0.25, 0.3) is 0 Å². The maximum atomic E-state index is 13.6. The van der Waals surface area contributed by atoms with Crippen LogP contribution in [0, 0.1) is 24.6 Å². The van der Waals surface area contributed by atoms with E-state index in [0.717, 1.165) is 31.2 Å². The third-order valence-corrected chi connectivity index (χ3v) is 4.61. The minimum atomic E-state index is -0.225. The molecule has 1 aliphatic carbocycles. The molecule has 4 heteroatoms. The van der Waals surface area contributed by atoms with Crippen LogP contribution in [0.2, 0.25) is 0 Å². The Kier molecular flexibility index (Phi) is 5.34. The normalized spacial score (nSPS) is 23.6. The molecule has 0 aliphatic heterocycles. The monoisotopic (exact) mass is 292 g/mol. The van der Waals surface area contributed by atoms with Gasteiger partial charge in [-0.15, -0.1) is 0 Å². The molecule has 21 heavy (non-hydrogen) atoms. The highest BCUT2D eigenvalue weighted by Gasteiger charge is 2.26. The van der Waals surface area contributed by atoms with Gasteiger partial charge in [0, 0.05) is 5.92 Å². The first-order chi connectivity index (χ1) is 10.0. The second-order valence-electron chi connectivity index (χ2n) is 6.19. The number of nitrogens with two attached hydrogens (primary N) is 1. The van der Waals surface area contributed by atoms with Crippen molar-refractivity contribution in [3.05, 3.63) is 35.1 Å². The summed E-state index contributed by atoms with van der Waals surface area (Å²) in [6, 6.07) is 4.96. The second-order valence-corrected chi connectivity index (χ2v) is 6.19. The van der Waals surface area contributed by atoms with E-state index in [1.807, 2.05) is 13.0 Å². The van der Waals surface area contributed by atoms with Gasteiger partial charge in [0.2, 0.25) is 5.91 Å². The molecule has 1 saturated carbocycles. The van der Waals surface area contributed by atoms with Gasteiger partial charge in [-0.3, -0.25) is 4.79 Å². The maximum absolute atomic E-state index is 13.6. The van der Waals surface area contributed by atoms with E-state index in [0.29, 0.717) is 18.0 Å². The third kappa shape index (κ3) is 4.03. The number of nitrogens with one attached hydrogen (secondary N) is 1. The number of halogens is 1. The van der Waals surface area contributed by atoms with E-state index < -0.39 is 0 Å². The molecule has 1 fully saturated rings. The molecule has 0 bridgehead atoms. The van der Waals surface area contributed by atoms with Crippen molar-refractivity contribution < 1.29 is 9.18 Å².